The molecule has 0 spiro atoms. The van der Waals surface area contributed by atoms with Crippen LogP contribution < -0.4 is 20.5 Å². The minimum absolute atomic E-state index is 0.0463. The van der Waals surface area contributed by atoms with E-state index < -0.39 is 0 Å². The number of rotatable bonds is 8. The second-order valence-electron chi connectivity index (χ2n) is 5.90. The Morgan fingerprint density at radius 2 is 2.15 bits per heavy atom. The molecule has 3 N–H and O–H groups in total. The zero-order valence-electron chi connectivity index (χ0n) is 15.4. The van der Waals surface area contributed by atoms with E-state index in [2.05, 4.69) is 20.5 Å². The Bertz CT molecular complexity index is 830. The molecule has 0 saturated carbocycles. The topological polar surface area (TPSA) is 109 Å². The fraction of sp³-hybridized carbons (Fsp3) is 0.389. The Morgan fingerprint density at radius 1 is 1.38 bits per heavy atom. The van der Waals surface area contributed by atoms with Crippen molar-refractivity contribution >= 4 is 12.2 Å². The lowest BCUT2D eigenvalue weighted by Crippen LogP contribution is -2.19. The zero-order chi connectivity index (χ0) is 19.1. The number of hydrogen-bond acceptors (Lipinski definition) is 7. The standard InChI is InChI=1S/C18H24N4O4/c1-11(2)26-15-6-5-13(9-16(15)25-4)10-19-22-18-20-12(3)14(7-8-23)17(24)21-18/h5-6,9-11,23H,7-8H2,1-4H3,(H2,20,21,22,24)/b19-10-. The van der Waals surface area contributed by atoms with Crippen LogP contribution >= 0.6 is 0 Å². The smallest absolute Gasteiger partial charge is 0.255 e. The van der Waals surface area contributed by atoms with Crippen molar-refractivity contribution in [1.29, 1.82) is 0 Å². The minimum Gasteiger partial charge on any atom is -0.493 e. The number of anilines is 1. The first-order valence-corrected chi connectivity index (χ1v) is 8.29. The summed E-state index contributed by atoms with van der Waals surface area (Å²) < 4.78 is 11.0. The van der Waals surface area contributed by atoms with Crippen molar-refractivity contribution in [3.8, 4) is 11.5 Å². The summed E-state index contributed by atoms with van der Waals surface area (Å²) in [6, 6.07) is 5.46. The van der Waals surface area contributed by atoms with Gasteiger partial charge in [-0.25, -0.2) is 10.4 Å². The predicted molar refractivity (Wildman–Crippen MR) is 100 cm³/mol. The molecule has 8 heteroatoms. The molecule has 0 unspecified atom stereocenters. The molecule has 0 fully saturated rings. The third-order valence-electron chi connectivity index (χ3n) is 3.52. The average Bonchev–Trinajstić information content (AvgIpc) is 2.59. The molecule has 26 heavy (non-hydrogen) atoms. The van der Waals surface area contributed by atoms with Crippen LogP contribution in [-0.4, -0.2) is 41.1 Å². The van der Waals surface area contributed by atoms with Gasteiger partial charge in [0.1, 0.15) is 0 Å². The molecule has 0 aliphatic heterocycles. The lowest BCUT2D eigenvalue weighted by atomic mass is 10.2. The molecule has 0 radical (unpaired) electrons. The van der Waals surface area contributed by atoms with Gasteiger partial charge in [-0.2, -0.15) is 5.10 Å². The summed E-state index contributed by atoms with van der Waals surface area (Å²) in [6.07, 6.45) is 1.89. The average molecular weight is 360 g/mol. The van der Waals surface area contributed by atoms with E-state index in [0.29, 0.717) is 22.8 Å². The largest absolute Gasteiger partial charge is 0.493 e. The van der Waals surface area contributed by atoms with Crippen LogP contribution in [0.4, 0.5) is 5.95 Å². The lowest BCUT2D eigenvalue weighted by molar-refractivity contribution is 0.230. The molecule has 1 aromatic carbocycles. The van der Waals surface area contributed by atoms with E-state index in [1.807, 2.05) is 26.0 Å². The zero-order valence-corrected chi connectivity index (χ0v) is 15.4. The van der Waals surface area contributed by atoms with Gasteiger partial charge in [-0.1, -0.05) is 0 Å². The van der Waals surface area contributed by atoms with Gasteiger partial charge in [0.15, 0.2) is 11.5 Å². The van der Waals surface area contributed by atoms with Gasteiger partial charge in [-0.05, 0) is 44.5 Å². The normalized spacial score (nSPS) is 11.2. The quantitative estimate of drug-likeness (QED) is 0.490. The van der Waals surface area contributed by atoms with E-state index >= 15 is 0 Å². The number of aliphatic hydroxyl groups excluding tert-OH is 1. The van der Waals surface area contributed by atoms with Crippen LogP contribution in [0.5, 0.6) is 11.5 Å². The summed E-state index contributed by atoms with van der Waals surface area (Å²) in [5.41, 5.74) is 4.22. The molecule has 1 heterocycles. The van der Waals surface area contributed by atoms with Gasteiger partial charge in [0.05, 0.1) is 25.1 Å². The highest BCUT2D eigenvalue weighted by molar-refractivity contribution is 5.81. The fourth-order valence-electron chi connectivity index (χ4n) is 2.35. The summed E-state index contributed by atoms with van der Waals surface area (Å²) in [6.45, 7) is 5.50. The number of aryl methyl sites for hydroxylation is 1. The Balaban J connectivity index is 2.12. The molecule has 0 aliphatic carbocycles. The second-order valence-corrected chi connectivity index (χ2v) is 5.90. The SMILES string of the molecule is COc1cc(/C=N\Nc2nc(C)c(CCO)c(=O)[nH]2)ccc1OC(C)C. The van der Waals surface area contributed by atoms with Gasteiger partial charge in [-0.15, -0.1) is 0 Å². The highest BCUT2D eigenvalue weighted by Gasteiger charge is 2.08. The Morgan fingerprint density at radius 3 is 2.77 bits per heavy atom. The molecular weight excluding hydrogens is 336 g/mol. The summed E-state index contributed by atoms with van der Waals surface area (Å²) in [5.74, 6) is 1.50. The fourth-order valence-corrected chi connectivity index (χ4v) is 2.35. The first-order valence-electron chi connectivity index (χ1n) is 8.29. The minimum atomic E-state index is -0.291. The van der Waals surface area contributed by atoms with Crippen LogP contribution in [0, 0.1) is 6.92 Å². The predicted octanol–water partition coefficient (Wildman–Crippen LogP) is 1.85. The van der Waals surface area contributed by atoms with Crippen molar-refractivity contribution in [1.82, 2.24) is 9.97 Å². The van der Waals surface area contributed by atoms with E-state index in [1.54, 1.807) is 26.3 Å². The second kappa shape index (κ2) is 9.00. The van der Waals surface area contributed by atoms with Crippen LogP contribution in [0.15, 0.2) is 28.1 Å². The van der Waals surface area contributed by atoms with Crippen LogP contribution in [0.2, 0.25) is 0 Å². The van der Waals surface area contributed by atoms with Crippen molar-refractivity contribution in [2.75, 3.05) is 19.1 Å². The number of H-pyrrole nitrogens is 1. The van der Waals surface area contributed by atoms with Crippen molar-refractivity contribution in [3.63, 3.8) is 0 Å². The number of hydrazone groups is 1. The van der Waals surface area contributed by atoms with Crippen molar-refractivity contribution < 1.29 is 14.6 Å². The third-order valence-corrected chi connectivity index (χ3v) is 3.52. The molecular formula is C18H24N4O4. The van der Waals surface area contributed by atoms with E-state index in [1.165, 1.54) is 0 Å². The maximum absolute atomic E-state index is 12.0. The van der Waals surface area contributed by atoms with Crippen molar-refractivity contribution in [3.05, 3.63) is 45.4 Å². The monoisotopic (exact) mass is 360 g/mol. The summed E-state index contributed by atoms with van der Waals surface area (Å²) >= 11 is 0. The summed E-state index contributed by atoms with van der Waals surface area (Å²) in [5, 5.41) is 13.1. The number of benzene rings is 1. The molecule has 0 amide bonds. The van der Waals surface area contributed by atoms with Gasteiger partial charge in [0.2, 0.25) is 5.95 Å². The van der Waals surface area contributed by atoms with Gasteiger partial charge in [-0.3, -0.25) is 9.78 Å². The number of aliphatic hydroxyl groups is 1. The van der Waals surface area contributed by atoms with Gasteiger partial charge in [0.25, 0.3) is 5.56 Å². The Labute approximate surface area is 151 Å². The molecule has 0 atom stereocenters. The summed E-state index contributed by atoms with van der Waals surface area (Å²) in [7, 11) is 1.58. The molecule has 140 valence electrons. The van der Waals surface area contributed by atoms with E-state index in [0.717, 1.165) is 5.56 Å². The Kier molecular flexibility index (Phi) is 6.74. The summed E-state index contributed by atoms with van der Waals surface area (Å²) in [4.78, 5) is 18.8. The molecule has 8 nitrogen and oxygen atoms in total. The molecule has 0 aliphatic rings. The number of hydrogen-bond donors (Lipinski definition) is 3. The van der Waals surface area contributed by atoms with E-state index in [4.69, 9.17) is 14.6 Å². The highest BCUT2D eigenvalue weighted by Crippen LogP contribution is 2.28. The maximum atomic E-state index is 12.0. The van der Waals surface area contributed by atoms with E-state index in [-0.39, 0.29) is 30.6 Å². The number of methoxy groups -OCH3 is 1. The third kappa shape index (κ3) is 5.06. The number of nitrogens with zero attached hydrogens (tertiary/aromatic N) is 2. The molecule has 2 aromatic rings. The van der Waals surface area contributed by atoms with Crippen LogP contribution in [-0.2, 0) is 6.42 Å². The number of aromatic nitrogens is 2. The van der Waals surface area contributed by atoms with Crippen molar-refractivity contribution in [2.45, 2.75) is 33.3 Å². The highest BCUT2D eigenvalue weighted by atomic mass is 16.5. The number of nitrogens with one attached hydrogen (secondary N) is 2. The first kappa shape index (κ1) is 19.5. The first-order chi connectivity index (χ1) is 12.4. The number of ether oxygens (including phenoxy) is 2. The molecule has 1 aromatic heterocycles. The van der Waals surface area contributed by atoms with Crippen LogP contribution in [0.25, 0.3) is 0 Å². The molecule has 0 bridgehead atoms. The van der Waals surface area contributed by atoms with E-state index in [9.17, 15) is 4.79 Å². The number of aromatic amines is 1. The van der Waals surface area contributed by atoms with Gasteiger partial charge >= 0.3 is 0 Å². The Hall–Kier alpha value is -2.87. The lowest BCUT2D eigenvalue weighted by Gasteiger charge is -2.13. The maximum Gasteiger partial charge on any atom is 0.255 e. The molecule has 2 rings (SSSR count). The van der Waals surface area contributed by atoms with Gasteiger partial charge < -0.3 is 14.6 Å². The van der Waals surface area contributed by atoms with Crippen LogP contribution in [0.1, 0.15) is 30.7 Å². The van der Waals surface area contributed by atoms with Crippen molar-refractivity contribution in [2.24, 2.45) is 5.10 Å². The van der Waals surface area contributed by atoms with Crippen LogP contribution in [0.3, 0.4) is 0 Å². The van der Waals surface area contributed by atoms with Gasteiger partial charge in [0, 0.05) is 18.6 Å². The molecule has 0 saturated heterocycles.